The Kier molecular flexibility index (Phi) is 5.40. The highest BCUT2D eigenvalue weighted by Gasteiger charge is 2.33. The monoisotopic (exact) mass is 279 g/mol. The van der Waals surface area contributed by atoms with Crippen LogP contribution in [0.15, 0.2) is 24.3 Å². The molecule has 1 aromatic rings. The third-order valence-electron chi connectivity index (χ3n) is 3.87. The maximum absolute atomic E-state index is 9.91. The van der Waals surface area contributed by atoms with Crippen LogP contribution >= 0.6 is 0 Å². The maximum Gasteiger partial charge on any atom is 0.119 e. The molecule has 1 fully saturated rings. The first-order valence-electron chi connectivity index (χ1n) is 7.44. The lowest BCUT2D eigenvalue weighted by molar-refractivity contribution is -0.0334. The smallest absolute Gasteiger partial charge is 0.119 e. The molecule has 1 saturated carbocycles. The summed E-state index contributed by atoms with van der Waals surface area (Å²) in [6.45, 7) is 3.35. The first-order chi connectivity index (χ1) is 9.61. The van der Waals surface area contributed by atoms with E-state index in [1.807, 2.05) is 18.2 Å². The Balaban J connectivity index is 1.65. The van der Waals surface area contributed by atoms with Crippen molar-refractivity contribution in [2.45, 2.75) is 44.3 Å². The van der Waals surface area contributed by atoms with Crippen molar-refractivity contribution >= 4 is 0 Å². The van der Waals surface area contributed by atoms with Crippen molar-refractivity contribution in [2.75, 3.05) is 19.7 Å². The van der Waals surface area contributed by atoms with Crippen LogP contribution in [0.2, 0.25) is 0 Å². The zero-order valence-electron chi connectivity index (χ0n) is 12.1. The molecule has 2 rings (SSSR count). The minimum atomic E-state index is -0.566. The summed E-state index contributed by atoms with van der Waals surface area (Å²) in [7, 11) is 0. The van der Waals surface area contributed by atoms with Gasteiger partial charge in [0.15, 0.2) is 0 Å². The second-order valence-corrected chi connectivity index (χ2v) is 5.67. The van der Waals surface area contributed by atoms with Gasteiger partial charge in [-0.15, -0.1) is 0 Å². The molecule has 1 atom stereocenters. The Labute approximate surface area is 120 Å². The van der Waals surface area contributed by atoms with Gasteiger partial charge in [-0.05, 0) is 43.4 Å². The van der Waals surface area contributed by atoms with Crippen LogP contribution in [-0.4, -0.2) is 41.6 Å². The molecule has 1 aliphatic carbocycles. The van der Waals surface area contributed by atoms with E-state index in [9.17, 15) is 10.2 Å². The average molecular weight is 279 g/mol. The zero-order chi connectivity index (χ0) is 14.4. The Morgan fingerprint density at radius 2 is 2.20 bits per heavy atom. The molecule has 3 N–H and O–H groups in total. The summed E-state index contributed by atoms with van der Waals surface area (Å²) in [5.41, 5.74) is 0.679. The van der Waals surface area contributed by atoms with Gasteiger partial charge in [0.05, 0.1) is 5.60 Å². The molecule has 0 bridgehead atoms. The van der Waals surface area contributed by atoms with Gasteiger partial charge in [0, 0.05) is 13.1 Å². The van der Waals surface area contributed by atoms with Crippen molar-refractivity contribution < 1.29 is 14.9 Å². The van der Waals surface area contributed by atoms with Crippen molar-refractivity contribution in [3.8, 4) is 5.75 Å². The Hall–Kier alpha value is -1.10. The Bertz CT molecular complexity index is 418. The average Bonchev–Trinajstić information content (AvgIpc) is 2.43. The topological polar surface area (TPSA) is 61.7 Å². The fraction of sp³-hybridized carbons (Fsp3) is 0.625. The molecule has 0 spiro atoms. The van der Waals surface area contributed by atoms with Gasteiger partial charge in [-0.25, -0.2) is 0 Å². The highest BCUT2D eigenvalue weighted by molar-refractivity contribution is 5.28. The van der Waals surface area contributed by atoms with Crippen LogP contribution in [0, 0.1) is 0 Å². The van der Waals surface area contributed by atoms with Crippen molar-refractivity contribution in [1.82, 2.24) is 5.32 Å². The molecule has 112 valence electrons. The number of hydrogen-bond donors (Lipinski definition) is 3. The predicted octanol–water partition coefficient (Wildman–Crippen LogP) is 1.49. The van der Waals surface area contributed by atoms with Crippen LogP contribution < -0.4 is 10.1 Å². The molecule has 0 saturated heterocycles. The number of benzene rings is 1. The molecule has 1 unspecified atom stereocenters. The lowest BCUT2D eigenvalue weighted by atomic mass is 9.80. The van der Waals surface area contributed by atoms with E-state index in [-0.39, 0.29) is 6.61 Å². The predicted molar refractivity (Wildman–Crippen MR) is 79.0 cm³/mol. The minimum Gasteiger partial charge on any atom is -0.491 e. The zero-order valence-corrected chi connectivity index (χ0v) is 12.1. The van der Waals surface area contributed by atoms with Gasteiger partial charge < -0.3 is 20.3 Å². The van der Waals surface area contributed by atoms with Crippen molar-refractivity contribution in [3.05, 3.63) is 29.8 Å². The third-order valence-corrected chi connectivity index (χ3v) is 3.87. The fourth-order valence-corrected chi connectivity index (χ4v) is 2.34. The molecule has 4 nitrogen and oxygen atoms in total. The third kappa shape index (κ3) is 4.47. The first kappa shape index (κ1) is 15.3. The summed E-state index contributed by atoms with van der Waals surface area (Å²) >= 11 is 0. The molecular formula is C16H25NO3. The van der Waals surface area contributed by atoms with E-state index in [2.05, 4.69) is 18.3 Å². The maximum atomic E-state index is 9.91. The molecule has 0 amide bonds. The van der Waals surface area contributed by atoms with Gasteiger partial charge in [-0.3, -0.25) is 0 Å². The van der Waals surface area contributed by atoms with Crippen LogP contribution in [0.3, 0.4) is 0 Å². The van der Waals surface area contributed by atoms with Crippen LogP contribution in [0.5, 0.6) is 5.75 Å². The van der Waals surface area contributed by atoms with Gasteiger partial charge >= 0.3 is 0 Å². The molecule has 0 heterocycles. The van der Waals surface area contributed by atoms with Crippen LogP contribution in [-0.2, 0) is 6.42 Å². The van der Waals surface area contributed by atoms with E-state index in [4.69, 9.17) is 4.74 Å². The largest absolute Gasteiger partial charge is 0.491 e. The van der Waals surface area contributed by atoms with Gasteiger partial charge in [0.1, 0.15) is 18.5 Å². The molecule has 1 aromatic carbocycles. The summed E-state index contributed by atoms with van der Waals surface area (Å²) < 4.78 is 5.58. The van der Waals surface area contributed by atoms with Crippen molar-refractivity contribution in [3.63, 3.8) is 0 Å². The standard InChI is InChI=1S/C16H25NO3/c1-2-13-5-3-6-15(9-13)20-11-14(18)10-17-12-16(19)7-4-8-16/h3,5-6,9,14,17-19H,2,4,7-8,10-12H2,1H3. The van der Waals surface area contributed by atoms with Gasteiger partial charge in [-0.1, -0.05) is 19.1 Å². The van der Waals surface area contributed by atoms with Crippen LogP contribution in [0.25, 0.3) is 0 Å². The minimum absolute atomic E-state index is 0.262. The van der Waals surface area contributed by atoms with E-state index in [1.165, 1.54) is 5.56 Å². The second kappa shape index (κ2) is 7.07. The van der Waals surface area contributed by atoms with Gasteiger partial charge in [-0.2, -0.15) is 0 Å². The molecule has 0 aliphatic heterocycles. The summed E-state index contributed by atoms with van der Waals surface area (Å²) in [4.78, 5) is 0. The number of aliphatic hydroxyl groups is 2. The van der Waals surface area contributed by atoms with E-state index in [0.717, 1.165) is 31.4 Å². The number of aliphatic hydroxyl groups excluding tert-OH is 1. The molecular weight excluding hydrogens is 254 g/mol. The van der Waals surface area contributed by atoms with Crippen molar-refractivity contribution in [1.29, 1.82) is 0 Å². The summed E-state index contributed by atoms with van der Waals surface area (Å²) in [6.07, 6.45) is 3.22. The van der Waals surface area contributed by atoms with E-state index >= 15 is 0 Å². The van der Waals surface area contributed by atoms with E-state index in [1.54, 1.807) is 0 Å². The van der Waals surface area contributed by atoms with Gasteiger partial charge in [0.2, 0.25) is 0 Å². The molecule has 0 aromatic heterocycles. The SMILES string of the molecule is CCc1cccc(OCC(O)CNCC2(O)CCC2)c1. The molecule has 4 heteroatoms. The lowest BCUT2D eigenvalue weighted by Gasteiger charge is -2.36. The second-order valence-electron chi connectivity index (χ2n) is 5.67. The summed E-state index contributed by atoms with van der Waals surface area (Å²) in [5.74, 6) is 0.793. The van der Waals surface area contributed by atoms with Gasteiger partial charge in [0.25, 0.3) is 0 Å². The summed E-state index contributed by atoms with van der Waals surface area (Å²) in [6, 6.07) is 7.92. The molecule has 20 heavy (non-hydrogen) atoms. The van der Waals surface area contributed by atoms with E-state index < -0.39 is 11.7 Å². The number of hydrogen-bond acceptors (Lipinski definition) is 4. The number of nitrogens with one attached hydrogen (secondary N) is 1. The first-order valence-corrected chi connectivity index (χ1v) is 7.44. The number of ether oxygens (including phenoxy) is 1. The number of aryl methyl sites for hydroxylation is 1. The normalized spacial score (nSPS) is 18.4. The quantitative estimate of drug-likeness (QED) is 0.675. The Morgan fingerprint density at radius 3 is 2.85 bits per heavy atom. The fourth-order valence-electron chi connectivity index (χ4n) is 2.34. The van der Waals surface area contributed by atoms with E-state index in [0.29, 0.717) is 13.1 Å². The Morgan fingerprint density at radius 1 is 1.40 bits per heavy atom. The summed E-state index contributed by atoms with van der Waals surface area (Å²) in [5, 5.41) is 22.9. The van der Waals surface area contributed by atoms with Crippen molar-refractivity contribution in [2.24, 2.45) is 0 Å². The molecule has 0 radical (unpaired) electrons. The highest BCUT2D eigenvalue weighted by atomic mass is 16.5. The molecule has 1 aliphatic rings. The lowest BCUT2D eigenvalue weighted by Crippen LogP contribution is -2.48. The van der Waals surface area contributed by atoms with Crippen LogP contribution in [0.4, 0.5) is 0 Å². The van der Waals surface area contributed by atoms with Crippen LogP contribution in [0.1, 0.15) is 31.7 Å². The number of rotatable bonds is 8. The highest BCUT2D eigenvalue weighted by Crippen LogP contribution is 2.30.